The minimum atomic E-state index is -0.967. The zero-order valence-corrected chi connectivity index (χ0v) is 25.2. The summed E-state index contributed by atoms with van der Waals surface area (Å²) in [5.41, 5.74) is 0.705. The molecule has 45 heavy (non-hydrogen) atoms. The second kappa shape index (κ2) is 12.5. The molecule has 14 heteroatoms. The fourth-order valence-corrected chi connectivity index (χ4v) is 6.93. The van der Waals surface area contributed by atoms with Crippen molar-refractivity contribution in [1.29, 1.82) is 0 Å². The van der Waals surface area contributed by atoms with E-state index in [2.05, 4.69) is 4.74 Å². The van der Waals surface area contributed by atoms with E-state index in [9.17, 15) is 23.6 Å². The van der Waals surface area contributed by atoms with E-state index in [1.54, 1.807) is 11.0 Å². The van der Waals surface area contributed by atoms with Gasteiger partial charge in [-0.25, -0.2) is 8.78 Å². The number of nitrogens with zero attached hydrogens (tertiary/aromatic N) is 3. The van der Waals surface area contributed by atoms with Crippen molar-refractivity contribution in [3.63, 3.8) is 0 Å². The van der Waals surface area contributed by atoms with Crippen molar-refractivity contribution in [2.45, 2.75) is 36.2 Å². The molecular formula is C31H29F2N3O8S. The van der Waals surface area contributed by atoms with Crippen molar-refractivity contribution < 1.29 is 42.1 Å². The van der Waals surface area contributed by atoms with E-state index in [1.807, 2.05) is 29.3 Å². The molecule has 236 valence electrons. The number of benzene rings is 2. The highest BCUT2D eigenvalue weighted by atomic mass is 32.2. The van der Waals surface area contributed by atoms with Crippen LogP contribution in [-0.4, -0.2) is 67.2 Å². The highest BCUT2D eigenvalue weighted by Crippen LogP contribution is 2.45. The van der Waals surface area contributed by atoms with Gasteiger partial charge in [0.05, 0.1) is 38.7 Å². The lowest BCUT2D eigenvalue weighted by Crippen LogP contribution is -2.66. The van der Waals surface area contributed by atoms with Crippen LogP contribution in [0.25, 0.3) is 0 Å². The Bertz CT molecular complexity index is 1730. The first kappa shape index (κ1) is 30.6. The van der Waals surface area contributed by atoms with Crippen molar-refractivity contribution in [2.75, 3.05) is 38.7 Å². The Morgan fingerprint density at radius 1 is 1.11 bits per heavy atom. The zero-order valence-electron chi connectivity index (χ0n) is 24.4. The number of rotatable bonds is 7. The maximum atomic E-state index is 15.4. The van der Waals surface area contributed by atoms with Gasteiger partial charge < -0.3 is 23.8 Å². The summed E-state index contributed by atoms with van der Waals surface area (Å²) in [7, 11) is 1.20. The van der Waals surface area contributed by atoms with Crippen LogP contribution in [0.15, 0.2) is 58.4 Å². The molecule has 1 saturated heterocycles. The summed E-state index contributed by atoms with van der Waals surface area (Å²) in [4.78, 5) is 53.5. The molecule has 1 amide bonds. The average molecular weight is 642 g/mol. The third kappa shape index (κ3) is 5.52. The lowest BCUT2D eigenvalue weighted by molar-refractivity contribution is -0.158. The zero-order chi connectivity index (χ0) is 31.8. The van der Waals surface area contributed by atoms with Crippen molar-refractivity contribution in [2.24, 2.45) is 5.92 Å². The van der Waals surface area contributed by atoms with Gasteiger partial charge in [0.25, 0.3) is 5.91 Å². The number of hydrogen-bond donors (Lipinski definition) is 0. The van der Waals surface area contributed by atoms with Gasteiger partial charge in [0.1, 0.15) is 6.17 Å². The van der Waals surface area contributed by atoms with Crippen molar-refractivity contribution >= 4 is 29.6 Å². The van der Waals surface area contributed by atoms with Gasteiger partial charge >= 0.3 is 11.9 Å². The topological polar surface area (TPSA) is 117 Å². The molecule has 0 spiro atoms. The minimum absolute atomic E-state index is 0.105. The van der Waals surface area contributed by atoms with Gasteiger partial charge in [0.2, 0.25) is 18.0 Å². The normalized spacial score (nSPS) is 19.3. The summed E-state index contributed by atoms with van der Waals surface area (Å²) in [6.07, 6.45) is 0.532. The first-order valence-electron chi connectivity index (χ1n) is 14.2. The Morgan fingerprint density at radius 3 is 2.71 bits per heavy atom. The van der Waals surface area contributed by atoms with E-state index in [4.69, 9.17) is 14.2 Å². The molecule has 0 N–H and O–H groups in total. The van der Waals surface area contributed by atoms with Gasteiger partial charge in [-0.15, -0.1) is 11.8 Å². The number of ether oxygens (including phenoxy) is 4. The number of morpholine rings is 1. The van der Waals surface area contributed by atoms with Gasteiger partial charge in [-0.05, 0) is 23.3 Å². The Hall–Kier alpha value is -4.43. The number of carbonyl (C=O) groups excluding carboxylic acids is 3. The Balaban J connectivity index is 1.45. The predicted molar refractivity (Wildman–Crippen MR) is 156 cm³/mol. The molecule has 3 aliphatic rings. The summed E-state index contributed by atoms with van der Waals surface area (Å²) < 4.78 is 52.6. The first-order valence-corrected chi connectivity index (χ1v) is 15.2. The molecule has 1 fully saturated rings. The van der Waals surface area contributed by atoms with E-state index in [1.165, 1.54) is 42.7 Å². The monoisotopic (exact) mass is 641 g/mol. The lowest BCUT2D eigenvalue weighted by Gasteiger charge is -2.51. The molecule has 2 aromatic carbocycles. The Morgan fingerprint density at radius 2 is 1.91 bits per heavy atom. The van der Waals surface area contributed by atoms with Crippen LogP contribution < -0.4 is 15.2 Å². The molecule has 1 aromatic heterocycles. The molecular weight excluding hydrogens is 612 g/mol. The molecule has 6 rings (SSSR count). The number of hydrogen-bond acceptors (Lipinski definition) is 10. The fourth-order valence-electron chi connectivity index (χ4n) is 5.82. The van der Waals surface area contributed by atoms with Gasteiger partial charge in [0.15, 0.2) is 17.3 Å². The lowest BCUT2D eigenvalue weighted by atomic mass is 9.93. The largest absolute Gasteiger partial charge is 0.469 e. The molecule has 0 unspecified atom stereocenters. The standard InChI is InChI=1S/C31H29F2N3O8S/c1-17(13-25(38)41-2)31(40)44-16-43-29-22(37)9-10-35-28(29)30(39)34-11-12-42-14-24(34)36(35)27-18-7-8-21(32)26(33)20(18)15-45-23-6-4-3-5-19(23)27/h3-10,17,24,27H,11-16H2,1-2H3/t17-,24-,27+/m1/s1. The van der Waals surface area contributed by atoms with Crippen LogP contribution in [0.3, 0.4) is 0 Å². The molecule has 3 aliphatic heterocycles. The summed E-state index contributed by atoms with van der Waals surface area (Å²) in [6, 6.07) is 10.6. The summed E-state index contributed by atoms with van der Waals surface area (Å²) >= 11 is 1.37. The van der Waals surface area contributed by atoms with Crippen molar-refractivity contribution in [1.82, 2.24) is 9.58 Å². The molecule has 3 atom stereocenters. The maximum Gasteiger partial charge on any atom is 0.312 e. The molecule has 0 aliphatic carbocycles. The molecule has 3 aromatic rings. The van der Waals surface area contributed by atoms with E-state index in [0.717, 1.165) is 16.5 Å². The summed E-state index contributed by atoms with van der Waals surface area (Å²) in [5, 5.41) is 1.81. The number of amides is 1. The molecule has 4 heterocycles. The Kier molecular flexibility index (Phi) is 8.51. The quantitative estimate of drug-likeness (QED) is 0.281. The van der Waals surface area contributed by atoms with Crippen LogP contribution in [0.1, 0.15) is 46.6 Å². The van der Waals surface area contributed by atoms with Gasteiger partial charge in [-0.1, -0.05) is 31.2 Å². The van der Waals surface area contributed by atoms with Gasteiger partial charge in [-0.2, -0.15) is 0 Å². The second-order valence-electron chi connectivity index (χ2n) is 10.7. The van der Waals surface area contributed by atoms with E-state index in [-0.39, 0.29) is 48.9 Å². The molecule has 0 bridgehead atoms. The minimum Gasteiger partial charge on any atom is -0.469 e. The van der Waals surface area contributed by atoms with Gasteiger partial charge in [-0.3, -0.25) is 28.9 Å². The first-order chi connectivity index (χ1) is 21.7. The number of pyridine rings is 1. The number of aromatic nitrogens is 1. The van der Waals surface area contributed by atoms with Crippen LogP contribution >= 0.6 is 11.8 Å². The van der Waals surface area contributed by atoms with Crippen LogP contribution in [0.5, 0.6) is 5.75 Å². The van der Waals surface area contributed by atoms with Crippen LogP contribution in [-0.2, 0) is 29.6 Å². The highest BCUT2D eigenvalue weighted by molar-refractivity contribution is 7.98. The number of fused-ring (bicyclic) bond motifs is 4. The average Bonchev–Trinajstić information content (AvgIpc) is 3.21. The van der Waals surface area contributed by atoms with Crippen molar-refractivity contribution in [3.05, 3.63) is 92.9 Å². The van der Waals surface area contributed by atoms with E-state index in [0.29, 0.717) is 5.56 Å². The third-order valence-corrected chi connectivity index (χ3v) is 9.16. The SMILES string of the molecule is COC(=O)C[C@@H](C)C(=O)OCOc1c2n(ccc1=O)N([C@@H]1c3ccccc3SCc3c1ccc(F)c3F)[C@@H]1COCCN1C2=O. The van der Waals surface area contributed by atoms with Crippen LogP contribution in [0.4, 0.5) is 8.78 Å². The van der Waals surface area contributed by atoms with Gasteiger partial charge in [0, 0.05) is 35.0 Å². The summed E-state index contributed by atoms with van der Waals surface area (Å²) in [6.45, 7) is 1.32. The maximum absolute atomic E-state index is 15.4. The van der Waals surface area contributed by atoms with E-state index >= 15 is 4.39 Å². The number of carbonyl (C=O) groups is 3. The summed E-state index contributed by atoms with van der Waals surface area (Å²) in [5.74, 6) is -4.80. The predicted octanol–water partition coefficient (Wildman–Crippen LogP) is 3.35. The molecule has 0 radical (unpaired) electrons. The second-order valence-corrected chi connectivity index (χ2v) is 11.7. The number of methoxy groups -OCH3 is 1. The smallest absolute Gasteiger partial charge is 0.312 e. The van der Waals surface area contributed by atoms with Crippen LogP contribution in [0, 0.1) is 17.6 Å². The van der Waals surface area contributed by atoms with Crippen LogP contribution in [0.2, 0.25) is 0 Å². The van der Waals surface area contributed by atoms with E-state index < -0.39 is 59.8 Å². The molecule has 0 saturated carbocycles. The third-order valence-electron chi connectivity index (χ3n) is 8.04. The molecule has 11 nitrogen and oxygen atoms in total. The number of thioether (sulfide) groups is 1. The number of halogens is 2. The number of esters is 2. The highest BCUT2D eigenvalue weighted by Gasteiger charge is 2.46. The fraction of sp³-hybridized carbons (Fsp3) is 0.355. The van der Waals surface area contributed by atoms with Crippen molar-refractivity contribution in [3.8, 4) is 5.75 Å². The Labute approximate surface area is 260 Å².